The molecule has 0 fully saturated rings. The number of anilines is 1. The van der Waals surface area contributed by atoms with Gasteiger partial charge in [0.2, 0.25) is 5.91 Å². The molecular formula is C19H19N3O4. The topological polar surface area (TPSA) is 101 Å². The molecule has 7 heteroatoms. The number of nitro benzene ring substituents is 1. The second-order valence-corrected chi connectivity index (χ2v) is 5.84. The predicted molar refractivity (Wildman–Crippen MR) is 99.4 cm³/mol. The van der Waals surface area contributed by atoms with E-state index in [1.54, 1.807) is 12.1 Å². The molecule has 0 unspecified atom stereocenters. The molecule has 0 spiro atoms. The quantitative estimate of drug-likeness (QED) is 0.489. The number of nitrogens with zero attached hydrogens (tertiary/aromatic N) is 1. The van der Waals surface area contributed by atoms with E-state index in [9.17, 15) is 19.7 Å². The van der Waals surface area contributed by atoms with Crippen LogP contribution in [-0.4, -0.2) is 16.7 Å². The lowest BCUT2D eigenvalue weighted by Crippen LogP contribution is -2.29. The highest BCUT2D eigenvalue weighted by atomic mass is 16.6. The minimum atomic E-state index is -0.523. The summed E-state index contributed by atoms with van der Waals surface area (Å²) in [7, 11) is 0. The Labute approximate surface area is 150 Å². The molecule has 7 nitrogen and oxygen atoms in total. The smallest absolute Gasteiger partial charge is 0.272 e. The molecule has 2 amide bonds. The number of aryl methyl sites for hydroxylation is 2. The number of amides is 2. The summed E-state index contributed by atoms with van der Waals surface area (Å²) in [6.07, 6.45) is 1.39. The highest BCUT2D eigenvalue weighted by Crippen LogP contribution is 2.17. The first-order valence-corrected chi connectivity index (χ1v) is 7.88. The monoisotopic (exact) mass is 353 g/mol. The summed E-state index contributed by atoms with van der Waals surface area (Å²) in [5.41, 5.74) is 3.03. The van der Waals surface area contributed by atoms with Crippen molar-refractivity contribution in [3.63, 3.8) is 0 Å². The fourth-order valence-corrected chi connectivity index (χ4v) is 2.26. The second-order valence-electron chi connectivity index (χ2n) is 5.84. The maximum absolute atomic E-state index is 12.5. The molecule has 0 aliphatic rings. The van der Waals surface area contributed by atoms with Gasteiger partial charge in [0, 0.05) is 24.7 Å². The van der Waals surface area contributed by atoms with Crippen molar-refractivity contribution in [3.8, 4) is 0 Å². The number of hydrogen-bond acceptors (Lipinski definition) is 4. The Hall–Kier alpha value is -3.48. The lowest BCUT2D eigenvalue weighted by molar-refractivity contribution is -0.384. The van der Waals surface area contributed by atoms with Crippen molar-refractivity contribution in [1.29, 1.82) is 0 Å². The second kappa shape index (κ2) is 8.06. The van der Waals surface area contributed by atoms with Gasteiger partial charge in [0.25, 0.3) is 11.6 Å². The van der Waals surface area contributed by atoms with E-state index >= 15 is 0 Å². The lowest BCUT2D eigenvalue weighted by Gasteiger charge is -2.11. The molecule has 2 aromatic carbocycles. The molecule has 0 heterocycles. The number of hydrogen-bond donors (Lipinski definition) is 2. The van der Waals surface area contributed by atoms with Crippen LogP contribution in [0.1, 0.15) is 23.6 Å². The van der Waals surface area contributed by atoms with Crippen LogP contribution in [0.3, 0.4) is 0 Å². The zero-order valence-electron chi connectivity index (χ0n) is 14.7. The highest BCUT2D eigenvalue weighted by Gasteiger charge is 2.13. The van der Waals surface area contributed by atoms with Gasteiger partial charge in [0.05, 0.1) is 4.92 Å². The van der Waals surface area contributed by atoms with Gasteiger partial charge in [-0.15, -0.1) is 0 Å². The Morgan fingerprint density at radius 1 is 1.08 bits per heavy atom. The minimum absolute atomic E-state index is 0.00349. The average Bonchev–Trinajstić information content (AvgIpc) is 2.57. The van der Waals surface area contributed by atoms with E-state index < -0.39 is 16.7 Å². The number of benzene rings is 2. The fourth-order valence-electron chi connectivity index (χ4n) is 2.26. The minimum Gasteiger partial charge on any atom is -0.322 e. The third kappa shape index (κ3) is 5.01. The van der Waals surface area contributed by atoms with Gasteiger partial charge in [-0.25, -0.2) is 0 Å². The number of carbonyl (C=O) groups is 2. The van der Waals surface area contributed by atoms with Crippen LogP contribution >= 0.6 is 0 Å². The molecule has 134 valence electrons. The summed E-state index contributed by atoms with van der Waals surface area (Å²) in [5, 5.41) is 16.1. The van der Waals surface area contributed by atoms with Crippen LogP contribution < -0.4 is 10.6 Å². The third-order valence-electron chi connectivity index (χ3n) is 3.71. The number of nitrogens with one attached hydrogen (secondary N) is 2. The van der Waals surface area contributed by atoms with Crippen molar-refractivity contribution >= 4 is 29.3 Å². The summed E-state index contributed by atoms with van der Waals surface area (Å²) >= 11 is 0. The van der Waals surface area contributed by atoms with Crippen molar-refractivity contribution < 1.29 is 14.5 Å². The van der Waals surface area contributed by atoms with Crippen molar-refractivity contribution in [2.45, 2.75) is 20.8 Å². The molecule has 0 aliphatic carbocycles. The fraction of sp³-hybridized carbons (Fsp3) is 0.158. The molecule has 0 aromatic heterocycles. The van der Waals surface area contributed by atoms with Crippen molar-refractivity contribution in [1.82, 2.24) is 5.32 Å². The molecular weight excluding hydrogens is 334 g/mol. The van der Waals surface area contributed by atoms with Crippen molar-refractivity contribution in [2.75, 3.05) is 5.32 Å². The Balaban J connectivity index is 2.32. The first-order chi connectivity index (χ1) is 12.3. The molecule has 26 heavy (non-hydrogen) atoms. The van der Waals surface area contributed by atoms with Crippen LogP contribution in [0, 0.1) is 24.0 Å². The highest BCUT2D eigenvalue weighted by molar-refractivity contribution is 6.08. The van der Waals surface area contributed by atoms with Gasteiger partial charge in [-0.05, 0) is 48.7 Å². The Morgan fingerprint density at radius 3 is 2.42 bits per heavy atom. The number of rotatable bonds is 5. The van der Waals surface area contributed by atoms with Crippen molar-refractivity contribution in [2.24, 2.45) is 0 Å². The number of nitro groups is 1. The molecule has 0 radical (unpaired) electrons. The predicted octanol–water partition coefficient (Wildman–Crippen LogP) is 3.33. The van der Waals surface area contributed by atoms with Gasteiger partial charge in [0.15, 0.2) is 0 Å². The Bertz CT molecular complexity index is 903. The van der Waals surface area contributed by atoms with Crippen LogP contribution in [0.2, 0.25) is 0 Å². The molecule has 2 N–H and O–H groups in total. The summed E-state index contributed by atoms with van der Waals surface area (Å²) in [6, 6.07) is 11.3. The standard InChI is InChI=1S/C19H19N3O4/c1-12-7-8-16(9-13(12)2)21-19(24)18(20-14(3)23)11-15-5-4-6-17(10-15)22(25)26/h4-11H,1-3H3,(H,20,23)(H,21,24)/b18-11-. The van der Waals surface area contributed by atoms with E-state index in [1.165, 1.54) is 31.2 Å². The average molecular weight is 353 g/mol. The molecule has 0 aliphatic heterocycles. The maximum Gasteiger partial charge on any atom is 0.272 e. The van der Waals surface area contributed by atoms with Gasteiger partial charge in [-0.1, -0.05) is 18.2 Å². The Morgan fingerprint density at radius 2 is 1.81 bits per heavy atom. The first-order valence-electron chi connectivity index (χ1n) is 7.88. The van der Waals surface area contributed by atoms with E-state index in [0.29, 0.717) is 11.3 Å². The summed E-state index contributed by atoms with van der Waals surface area (Å²) in [5.74, 6) is -0.938. The van der Waals surface area contributed by atoms with E-state index in [-0.39, 0.29) is 11.4 Å². The number of non-ortho nitro benzene ring substituents is 1. The van der Waals surface area contributed by atoms with E-state index in [1.807, 2.05) is 26.0 Å². The van der Waals surface area contributed by atoms with Crippen LogP contribution in [0.5, 0.6) is 0 Å². The lowest BCUT2D eigenvalue weighted by atomic mass is 10.1. The third-order valence-corrected chi connectivity index (χ3v) is 3.71. The summed E-state index contributed by atoms with van der Waals surface area (Å²) in [6.45, 7) is 5.18. The molecule has 0 saturated heterocycles. The molecule has 0 atom stereocenters. The van der Waals surface area contributed by atoms with Gasteiger partial charge in [-0.2, -0.15) is 0 Å². The Kier molecular flexibility index (Phi) is 5.85. The van der Waals surface area contributed by atoms with Crippen molar-refractivity contribution in [3.05, 3.63) is 75.0 Å². The SMILES string of the molecule is CC(=O)N/C(=C\c1cccc([N+](=O)[O-])c1)C(=O)Nc1ccc(C)c(C)c1. The summed E-state index contributed by atoms with van der Waals surface area (Å²) < 4.78 is 0. The van der Waals surface area contributed by atoms with Crippen LogP contribution in [0.4, 0.5) is 11.4 Å². The zero-order valence-corrected chi connectivity index (χ0v) is 14.7. The van der Waals surface area contributed by atoms with Gasteiger partial charge in [-0.3, -0.25) is 19.7 Å². The largest absolute Gasteiger partial charge is 0.322 e. The number of carbonyl (C=O) groups excluding carboxylic acids is 2. The van der Waals surface area contributed by atoms with Crippen LogP contribution in [-0.2, 0) is 9.59 Å². The molecule has 2 rings (SSSR count). The zero-order chi connectivity index (χ0) is 19.3. The molecule has 2 aromatic rings. The van der Waals surface area contributed by atoms with Gasteiger partial charge < -0.3 is 10.6 Å². The molecule has 0 saturated carbocycles. The first kappa shape index (κ1) is 18.9. The van der Waals surface area contributed by atoms with E-state index in [2.05, 4.69) is 10.6 Å². The van der Waals surface area contributed by atoms with E-state index in [0.717, 1.165) is 11.1 Å². The summed E-state index contributed by atoms with van der Waals surface area (Å²) in [4.78, 5) is 34.3. The normalized spacial score (nSPS) is 11.0. The van der Waals surface area contributed by atoms with Crippen LogP contribution in [0.25, 0.3) is 6.08 Å². The van der Waals surface area contributed by atoms with Gasteiger partial charge >= 0.3 is 0 Å². The molecule has 0 bridgehead atoms. The maximum atomic E-state index is 12.5. The van der Waals surface area contributed by atoms with Gasteiger partial charge in [0.1, 0.15) is 5.70 Å². The van der Waals surface area contributed by atoms with Crippen LogP contribution in [0.15, 0.2) is 48.2 Å². The van der Waals surface area contributed by atoms with E-state index in [4.69, 9.17) is 0 Å².